The Hall–Kier alpha value is -4.33. The van der Waals surface area contributed by atoms with Gasteiger partial charge in [-0.05, 0) is 49.2 Å². The lowest BCUT2D eigenvalue weighted by atomic mass is 10.1. The van der Waals surface area contributed by atoms with Crippen LogP contribution in [0.1, 0.15) is 22.8 Å². The van der Waals surface area contributed by atoms with E-state index in [-0.39, 0.29) is 11.8 Å². The number of carbonyl (C=O) groups is 2. The van der Waals surface area contributed by atoms with Crippen LogP contribution < -0.4 is 20.1 Å². The number of hydrogen-bond donors (Lipinski definition) is 2. The summed E-state index contributed by atoms with van der Waals surface area (Å²) in [7, 11) is 3.16. The Morgan fingerprint density at radius 2 is 1.74 bits per heavy atom. The van der Waals surface area contributed by atoms with Gasteiger partial charge in [-0.25, -0.2) is 0 Å². The Bertz CT molecular complexity index is 1330. The molecule has 0 bridgehead atoms. The van der Waals surface area contributed by atoms with Gasteiger partial charge < -0.3 is 24.6 Å². The van der Waals surface area contributed by atoms with E-state index in [4.69, 9.17) is 14.0 Å². The number of methoxy groups -OCH3 is 2. The standard InChI is InChI=1S/C27H27N3O5/c1-17(26(31)28-14-13-18-9-12-23(33-2)24(15-18)34-3)29-27(32)20-10-11-22-21(16-20)25(35-30-22)19-7-5-4-6-8-19/h4-12,15-17H,13-14H2,1-3H3,(H,28,31)(H,29,32)/t17-/m0/s1. The van der Waals surface area contributed by atoms with E-state index >= 15 is 0 Å². The predicted octanol–water partition coefficient (Wildman–Crippen LogP) is 3.99. The van der Waals surface area contributed by atoms with E-state index < -0.39 is 6.04 Å². The van der Waals surface area contributed by atoms with Gasteiger partial charge in [0.15, 0.2) is 17.3 Å². The van der Waals surface area contributed by atoms with Crippen molar-refractivity contribution in [2.45, 2.75) is 19.4 Å². The molecule has 180 valence electrons. The van der Waals surface area contributed by atoms with E-state index in [2.05, 4.69) is 15.8 Å². The van der Waals surface area contributed by atoms with Crippen LogP contribution >= 0.6 is 0 Å². The van der Waals surface area contributed by atoms with E-state index in [1.165, 1.54) is 0 Å². The Morgan fingerprint density at radius 3 is 2.49 bits per heavy atom. The van der Waals surface area contributed by atoms with Crippen LogP contribution in [0.4, 0.5) is 0 Å². The number of fused-ring (bicyclic) bond motifs is 1. The van der Waals surface area contributed by atoms with Crippen LogP contribution in [0.15, 0.2) is 71.3 Å². The molecule has 0 spiro atoms. The number of aromatic nitrogens is 1. The quantitative estimate of drug-likeness (QED) is 0.381. The van der Waals surface area contributed by atoms with Gasteiger partial charge in [0.05, 0.1) is 19.6 Å². The molecule has 3 aromatic carbocycles. The minimum absolute atomic E-state index is 0.269. The van der Waals surface area contributed by atoms with Gasteiger partial charge in [-0.15, -0.1) is 0 Å². The number of nitrogens with zero attached hydrogens (tertiary/aromatic N) is 1. The van der Waals surface area contributed by atoms with Gasteiger partial charge in [-0.3, -0.25) is 9.59 Å². The largest absolute Gasteiger partial charge is 0.493 e. The summed E-state index contributed by atoms with van der Waals surface area (Å²) in [5.74, 6) is 1.26. The highest BCUT2D eigenvalue weighted by Crippen LogP contribution is 2.29. The minimum atomic E-state index is -0.709. The molecule has 8 nitrogen and oxygen atoms in total. The SMILES string of the molecule is COc1ccc(CCNC(=O)[C@H](C)NC(=O)c2ccc3noc(-c4ccccc4)c3c2)cc1OC. The maximum Gasteiger partial charge on any atom is 0.251 e. The summed E-state index contributed by atoms with van der Waals surface area (Å²) in [5, 5.41) is 10.4. The van der Waals surface area contributed by atoms with Gasteiger partial charge in [-0.1, -0.05) is 41.6 Å². The van der Waals surface area contributed by atoms with Crippen LogP contribution in [0.2, 0.25) is 0 Å². The summed E-state index contributed by atoms with van der Waals surface area (Å²) in [6, 6.07) is 19.6. The van der Waals surface area contributed by atoms with E-state index in [1.807, 2.05) is 48.5 Å². The van der Waals surface area contributed by atoms with Gasteiger partial charge >= 0.3 is 0 Å². The highest BCUT2D eigenvalue weighted by atomic mass is 16.5. The second-order valence-corrected chi connectivity index (χ2v) is 8.04. The zero-order valence-electron chi connectivity index (χ0n) is 19.8. The van der Waals surface area contributed by atoms with Crippen molar-refractivity contribution >= 4 is 22.7 Å². The highest BCUT2D eigenvalue weighted by Gasteiger charge is 2.18. The molecule has 0 aliphatic heterocycles. The average molecular weight is 474 g/mol. The Labute approximate surface area is 203 Å². The molecule has 4 rings (SSSR count). The second-order valence-electron chi connectivity index (χ2n) is 8.04. The highest BCUT2D eigenvalue weighted by molar-refractivity contribution is 6.02. The molecule has 2 amide bonds. The molecule has 1 heterocycles. The molecule has 35 heavy (non-hydrogen) atoms. The molecule has 0 saturated carbocycles. The monoisotopic (exact) mass is 473 g/mol. The number of amides is 2. The first-order chi connectivity index (χ1) is 17.0. The van der Waals surface area contributed by atoms with E-state index in [0.717, 1.165) is 16.5 Å². The van der Waals surface area contributed by atoms with E-state index in [9.17, 15) is 9.59 Å². The molecule has 0 saturated heterocycles. The smallest absolute Gasteiger partial charge is 0.251 e. The Balaban J connectivity index is 1.36. The van der Waals surface area contributed by atoms with Gasteiger partial charge in [0, 0.05) is 17.7 Å². The molecule has 0 fully saturated rings. The lowest BCUT2D eigenvalue weighted by Crippen LogP contribution is -2.45. The molecule has 8 heteroatoms. The van der Waals surface area contributed by atoms with Gasteiger partial charge in [0.2, 0.25) is 5.91 Å². The predicted molar refractivity (Wildman–Crippen MR) is 133 cm³/mol. The number of benzene rings is 3. The van der Waals surface area contributed by atoms with Crippen molar-refractivity contribution in [1.29, 1.82) is 0 Å². The van der Waals surface area contributed by atoms with Crippen molar-refractivity contribution in [3.8, 4) is 22.8 Å². The van der Waals surface area contributed by atoms with E-state index in [1.54, 1.807) is 39.3 Å². The molecule has 0 radical (unpaired) electrons. The summed E-state index contributed by atoms with van der Waals surface area (Å²) in [4.78, 5) is 25.4. The summed E-state index contributed by atoms with van der Waals surface area (Å²) in [5.41, 5.74) is 2.94. The molecule has 0 aliphatic rings. The maximum absolute atomic E-state index is 12.8. The topological polar surface area (TPSA) is 103 Å². The number of ether oxygens (including phenoxy) is 2. The third-order valence-electron chi connectivity index (χ3n) is 5.68. The fraction of sp³-hybridized carbons (Fsp3) is 0.222. The lowest BCUT2D eigenvalue weighted by molar-refractivity contribution is -0.122. The Kier molecular flexibility index (Phi) is 7.30. The van der Waals surface area contributed by atoms with Crippen LogP contribution in [0.5, 0.6) is 11.5 Å². The lowest BCUT2D eigenvalue weighted by Gasteiger charge is -2.15. The van der Waals surface area contributed by atoms with Gasteiger partial charge in [0.1, 0.15) is 11.6 Å². The molecule has 0 unspecified atom stereocenters. The third kappa shape index (κ3) is 5.43. The van der Waals surface area contributed by atoms with Crippen LogP contribution in [0.25, 0.3) is 22.2 Å². The van der Waals surface area contributed by atoms with Crippen LogP contribution in [0.3, 0.4) is 0 Å². The van der Waals surface area contributed by atoms with Crippen molar-refractivity contribution < 1.29 is 23.6 Å². The number of hydrogen-bond acceptors (Lipinski definition) is 6. The van der Waals surface area contributed by atoms with Gasteiger partial charge in [-0.2, -0.15) is 0 Å². The van der Waals surface area contributed by atoms with E-state index in [0.29, 0.717) is 41.3 Å². The molecule has 1 aromatic heterocycles. The Morgan fingerprint density at radius 1 is 0.971 bits per heavy atom. The zero-order valence-corrected chi connectivity index (χ0v) is 19.8. The van der Waals surface area contributed by atoms with Crippen molar-refractivity contribution in [3.05, 3.63) is 77.9 Å². The summed E-state index contributed by atoms with van der Waals surface area (Å²) in [6.07, 6.45) is 0.610. The first kappa shape index (κ1) is 23.8. The summed E-state index contributed by atoms with van der Waals surface area (Å²) >= 11 is 0. The maximum atomic E-state index is 12.8. The molecule has 4 aromatic rings. The number of rotatable bonds is 9. The summed E-state index contributed by atoms with van der Waals surface area (Å²) < 4.78 is 16.1. The molecule has 2 N–H and O–H groups in total. The number of carbonyl (C=O) groups excluding carboxylic acids is 2. The first-order valence-corrected chi connectivity index (χ1v) is 11.2. The summed E-state index contributed by atoms with van der Waals surface area (Å²) in [6.45, 7) is 2.07. The van der Waals surface area contributed by atoms with Crippen LogP contribution in [-0.4, -0.2) is 43.8 Å². The van der Waals surface area contributed by atoms with Crippen molar-refractivity contribution in [3.63, 3.8) is 0 Å². The fourth-order valence-electron chi connectivity index (χ4n) is 3.75. The van der Waals surface area contributed by atoms with Crippen LogP contribution in [0, 0.1) is 0 Å². The van der Waals surface area contributed by atoms with Crippen molar-refractivity contribution in [1.82, 2.24) is 15.8 Å². The third-order valence-corrected chi connectivity index (χ3v) is 5.68. The molecule has 1 atom stereocenters. The van der Waals surface area contributed by atoms with Crippen LogP contribution in [-0.2, 0) is 11.2 Å². The van der Waals surface area contributed by atoms with Gasteiger partial charge in [0.25, 0.3) is 5.91 Å². The van der Waals surface area contributed by atoms with Crippen molar-refractivity contribution in [2.24, 2.45) is 0 Å². The zero-order chi connectivity index (χ0) is 24.8. The van der Waals surface area contributed by atoms with Crippen molar-refractivity contribution in [2.75, 3.05) is 20.8 Å². The molecular weight excluding hydrogens is 446 g/mol. The molecule has 0 aliphatic carbocycles. The fourth-order valence-corrected chi connectivity index (χ4v) is 3.75. The average Bonchev–Trinajstić information content (AvgIpc) is 3.32. The normalized spacial score (nSPS) is 11.6. The first-order valence-electron chi connectivity index (χ1n) is 11.2. The second kappa shape index (κ2) is 10.7. The number of nitrogens with one attached hydrogen (secondary N) is 2. The minimum Gasteiger partial charge on any atom is -0.493 e. The molecular formula is C27H27N3O5.